The second-order valence-electron chi connectivity index (χ2n) is 11.8. The first-order valence-corrected chi connectivity index (χ1v) is 15.8. The maximum absolute atomic E-state index is 10.4. The van der Waals surface area contributed by atoms with Gasteiger partial charge < -0.3 is 4.57 Å². The van der Waals surface area contributed by atoms with Gasteiger partial charge in [-0.1, -0.05) is 139 Å². The van der Waals surface area contributed by atoms with E-state index in [2.05, 4.69) is 0 Å². The molecule has 0 fully saturated rings. The summed E-state index contributed by atoms with van der Waals surface area (Å²) in [4.78, 5) is 14.6. The van der Waals surface area contributed by atoms with Gasteiger partial charge in [0.15, 0.2) is 17.5 Å². The topological polar surface area (TPSA) is 43.6 Å². The minimum Gasteiger partial charge on any atom is -0.309 e. The molecule has 0 spiro atoms. The van der Waals surface area contributed by atoms with Gasteiger partial charge in [-0.25, -0.2) is 15.0 Å². The van der Waals surface area contributed by atoms with Crippen molar-refractivity contribution in [2.75, 3.05) is 0 Å². The normalized spacial score (nSPS) is 16.9. The maximum Gasteiger partial charge on any atom is 0.164 e. The third-order valence-electron chi connectivity index (χ3n) is 8.92. The highest BCUT2D eigenvalue weighted by molar-refractivity contribution is 6.19. The molecule has 10 aromatic rings. The summed E-state index contributed by atoms with van der Waals surface area (Å²) in [5.41, 5.74) is -1.49. The zero-order valence-electron chi connectivity index (χ0n) is 44.1. The quantitative estimate of drug-likeness (QED) is 0.188. The Kier molecular flexibility index (Phi) is 3.33. The Morgan fingerprint density at radius 2 is 1.02 bits per heavy atom. The van der Waals surface area contributed by atoms with E-state index in [1.807, 2.05) is 0 Å². The molecule has 0 unspecified atom stereocenters. The van der Waals surface area contributed by atoms with Gasteiger partial charge in [0.1, 0.15) is 0 Å². The van der Waals surface area contributed by atoms with Crippen LogP contribution in [0.3, 0.4) is 0 Å². The fraction of sp³-hybridized carbons (Fsp3) is 0. The highest BCUT2D eigenvalue weighted by Gasteiger charge is 2.28. The lowest BCUT2D eigenvalue weighted by Crippen LogP contribution is -2.02. The highest BCUT2D eigenvalue weighted by Crippen LogP contribution is 2.52. The number of para-hydroxylation sites is 1. The van der Waals surface area contributed by atoms with Crippen LogP contribution in [0.2, 0.25) is 0 Å². The van der Waals surface area contributed by atoms with Crippen molar-refractivity contribution in [1.82, 2.24) is 19.5 Å². The van der Waals surface area contributed by atoms with Crippen LogP contribution in [0.5, 0.6) is 0 Å². The second kappa shape index (κ2) is 10.8. The summed E-state index contributed by atoms with van der Waals surface area (Å²) in [6.07, 6.45) is 0. The molecule has 8 aromatic carbocycles. The van der Waals surface area contributed by atoms with Crippen molar-refractivity contribution in [2.45, 2.75) is 0 Å². The third kappa shape index (κ3) is 4.23. The lowest BCUT2D eigenvalue weighted by atomic mass is 9.96. The SMILES string of the molecule is [2H]c1c(-c2nc(-c3ccccc3)nc(-c3ccccc3)n2)c2c(c([2H])c1-n1c3c([2H])c([2H])c([2H])c([2H])c3c3c([2H])c4c([2H])c([2H])c([2H])c([2H])c4c([2H])c31)-c1c([2H])c([2H])c([2H])c3c([2H])c([2H])c([2H])c-2c13. The van der Waals surface area contributed by atoms with E-state index in [0.29, 0.717) is 11.1 Å². The maximum atomic E-state index is 10.4. The molecule has 0 atom stereocenters. The van der Waals surface area contributed by atoms with Crippen molar-refractivity contribution < 1.29 is 24.7 Å². The summed E-state index contributed by atoms with van der Waals surface area (Å²) >= 11 is 0. The van der Waals surface area contributed by atoms with E-state index in [1.54, 1.807) is 60.7 Å². The summed E-state index contributed by atoms with van der Waals surface area (Å²) in [5, 5.41) is -1.97. The molecule has 2 heterocycles. The summed E-state index contributed by atoms with van der Waals surface area (Å²) in [6.45, 7) is 0. The van der Waals surface area contributed by atoms with Crippen molar-refractivity contribution in [2.24, 2.45) is 0 Å². The Balaban J connectivity index is 1.44. The van der Waals surface area contributed by atoms with Gasteiger partial charge >= 0.3 is 0 Å². The molecule has 0 radical (unpaired) electrons. The molecule has 236 valence electrons. The molecule has 51 heavy (non-hydrogen) atoms. The monoisotopic (exact) mass is 666 g/mol. The molecule has 0 N–H and O–H groups in total. The first-order valence-electron chi connectivity index (χ1n) is 24.8. The average Bonchev–Trinajstić information content (AvgIpc) is 3.89. The second-order valence-corrected chi connectivity index (χ2v) is 11.8. The van der Waals surface area contributed by atoms with Crippen LogP contribution in [0.25, 0.3) is 105 Å². The summed E-state index contributed by atoms with van der Waals surface area (Å²) in [6, 6.07) is 5.29. The number of benzene rings is 8. The number of hydrogen-bond donors (Lipinski definition) is 0. The van der Waals surface area contributed by atoms with E-state index in [0.717, 1.165) is 4.57 Å². The molecule has 1 aliphatic rings. The van der Waals surface area contributed by atoms with Crippen LogP contribution in [0.4, 0.5) is 0 Å². The smallest absolute Gasteiger partial charge is 0.164 e. The fourth-order valence-electron chi connectivity index (χ4n) is 6.70. The Bertz CT molecular complexity index is 3980. The summed E-state index contributed by atoms with van der Waals surface area (Å²) in [7, 11) is 0. The molecule has 1 aliphatic carbocycles. The molecular formula is C47H28N4. The summed E-state index contributed by atoms with van der Waals surface area (Å²) < 4.78 is 166. The van der Waals surface area contributed by atoms with Gasteiger partial charge in [-0.2, -0.15) is 0 Å². The number of hydrogen-bond acceptors (Lipinski definition) is 3. The first kappa shape index (κ1) is 15.8. The Hall–Kier alpha value is -6.91. The average molecular weight is 667 g/mol. The highest BCUT2D eigenvalue weighted by atomic mass is 15.0. The Morgan fingerprint density at radius 3 is 1.75 bits per heavy atom. The molecule has 2 aromatic heterocycles. The van der Waals surface area contributed by atoms with Crippen molar-refractivity contribution in [3.8, 4) is 62.1 Å². The van der Waals surface area contributed by atoms with Gasteiger partial charge in [0.25, 0.3) is 0 Å². The van der Waals surface area contributed by atoms with Crippen LogP contribution in [0.15, 0.2) is 169 Å². The molecule has 11 rings (SSSR count). The zero-order valence-corrected chi connectivity index (χ0v) is 26.1. The molecular weight excluding hydrogens is 621 g/mol. The van der Waals surface area contributed by atoms with Gasteiger partial charge in [0.2, 0.25) is 0 Å². The fourth-order valence-corrected chi connectivity index (χ4v) is 6.70. The number of rotatable bonds is 4. The van der Waals surface area contributed by atoms with Gasteiger partial charge in [-0.05, 0) is 68.4 Å². The molecule has 0 saturated carbocycles. The number of fused-ring (bicyclic) bond motifs is 7. The predicted octanol–water partition coefficient (Wildman–Crippen LogP) is 11.9. The predicted molar refractivity (Wildman–Crippen MR) is 210 cm³/mol. The van der Waals surface area contributed by atoms with E-state index in [9.17, 15) is 11.0 Å². The Morgan fingerprint density at radius 1 is 0.431 bits per heavy atom. The molecule has 0 bridgehead atoms. The van der Waals surface area contributed by atoms with E-state index < -0.39 is 136 Å². The largest absolute Gasteiger partial charge is 0.309 e. The number of aromatic nitrogens is 4. The van der Waals surface area contributed by atoms with Crippen LogP contribution in [0.1, 0.15) is 24.7 Å². The lowest BCUT2D eigenvalue weighted by molar-refractivity contribution is 1.07. The van der Waals surface area contributed by atoms with Crippen molar-refractivity contribution in [3.63, 3.8) is 0 Å². The van der Waals surface area contributed by atoms with Crippen molar-refractivity contribution in [1.29, 1.82) is 0 Å². The summed E-state index contributed by atoms with van der Waals surface area (Å²) in [5.74, 6) is -0.0636. The minimum atomic E-state index is -0.780. The van der Waals surface area contributed by atoms with Gasteiger partial charge in [-0.3, -0.25) is 0 Å². The first-order chi connectivity index (χ1) is 32.8. The molecule has 0 amide bonds. The zero-order chi connectivity index (χ0) is 49.1. The van der Waals surface area contributed by atoms with Crippen molar-refractivity contribution >= 4 is 43.4 Å². The molecule has 0 saturated heterocycles. The minimum absolute atomic E-state index is 0.0977. The van der Waals surface area contributed by atoms with Crippen LogP contribution < -0.4 is 0 Å². The van der Waals surface area contributed by atoms with Gasteiger partial charge in [0.05, 0.1) is 35.7 Å². The molecule has 4 nitrogen and oxygen atoms in total. The standard InChI is InChI=1S/C47H28N4/c1-3-13-30(14-4-1)45-48-46(31-15-5-2-6-16-31)50-47(49-45)40-28-34(27-39-36-22-11-19-29-20-12-23-37(43(29)36)44(39)40)51-41-24-10-9-21-35(41)38-25-32-17-7-8-18-33(32)26-42(38)51/h1-28H/i7D,8D,9D,10D,11D,12D,17D,18D,19D,20D,21D,22D,23D,24D,25D,26D,27D,28D. The van der Waals surface area contributed by atoms with E-state index in [1.165, 1.54) is 0 Å². The van der Waals surface area contributed by atoms with Crippen molar-refractivity contribution in [3.05, 3.63) is 169 Å². The van der Waals surface area contributed by atoms with E-state index >= 15 is 0 Å². The van der Waals surface area contributed by atoms with Crippen LogP contribution in [0, 0.1) is 0 Å². The van der Waals surface area contributed by atoms with E-state index in [-0.39, 0.29) is 66.8 Å². The number of nitrogens with zero attached hydrogens (tertiary/aromatic N) is 4. The van der Waals surface area contributed by atoms with Gasteiger partial charge in [-0.15, -0.1) is 0 Å². The molecule has 4 heteroatoms. The lowest BCUT2D eigenvalue weighted by Gasteiger charge is -2.16. The molecule has 0 aliphatic heterocycles. The third-order valence-corrected chi connectivity index (χ3v) is 8.92. The van der Waals surface area contributed by atoms with Gasteiger partial charge in [0, 0.05) is 38.7 Å². The van der Waals surface area contributed by atoms with Crippen LogP contribution >= 0.6 is 0 Å². The van der Waals surface area contributed by atoms with Crippen LogP contribution in [-0.4, -0.2) is 19.5 Å². The Labute approximate surface area is 319 Å². The van der Waals surface area contributed by atoms with E-state index in [4.69, 9.17) is 28.7 Å². The van der Waals surface area contributed by atoms with Crippen LogP contribution in [-0.2, 0) is 0 Å².